The zero-order chi connectivity index (χ0) is 13.9. The molecular weight excluding hydrogens is 232 g/mol. The van der Waals surface area contributed by atoms with Crippen molar-refractivity contribution in [1.82, 2.24) is 5.32 Å². The zero-order valence-corrected chi connectivity index (χ0v) is 12.9. The number of anilines is 1. The van der Waals surface area contributed by atoms with E-state index in [9.17, 15) is 0 Å². The number of hydrogen-bond acceptors (Lipinski definition) is 2. The van der Waals surface area contributed by atoms with Gasteiger partial charge in [-0.3, -0.25) is 0 Å². The van der Waals surface area contributed by atoms with Crippen molar-refractivity contribution in [3.8, 4) is 0 Å². The molecule has 1 saturated carbocycles. The smallest absolute Gasteiger partial charge is 0.0411 e. The van der Waals surface area contributed by atoms with Gasteiger partial charge in [-0.1, -0.05) is 31.0 Å². The number of nitrogens with one attached hydrogen (secondary N) is 1. The normalized spacial score (nSPS) is 16.8. The number of hydrogen-bond donors (Lipinski definition) is 1. The second-order valence-electron chi connectivity index (χ2n) is 6.78. The Balaban J connectivity index is 2.11. The van der Waals surface area contributed by atoms with E-state index in [0.717, 1.165) is 12.6 Å². The number of para-hydroxylation sites is 1. The molecule has 1 aliphatic rings. The van der Waals surface area contributed by atoms with Gasteiger partial charge < -0.3 is 10.2 Å². The summed E-state index contributed by atoms with van der Waals surface area (Å²) in [5.74, 6) is 0. The molecule has 1 N–H and O–H groups in total. The summed E-state index contributed by atoms with van der Waals surface area (Å²) in [6, 6.07) is 9.54. The van der Waals surface area contributed by atoms with E-state index in [2.05, 4.69) is 62.3 Å². The first-order valence-electron chi connectivity index (χ1n) is 7.53. The molecule has 2 nitrogen and oxygen atoms in total. The van der Waals surface area contributed by atoms with E-state index >= 15 is 0 Å². The van der Waals surface area contributed by atoms with Crippen LogP contribution in [0.15, 0.2) is 24.3 Å². The zero-order valence-electron chi connectivity index (χ0n) is 12.9. The lowest BCUT2D eigenvalue weighted by Gasteiger charge is -2.30. The molecule has 1 aliphatic carbocycles. The summed E-state index contributed by atoms with van der Waals surface area (Å²) in [7, 11) is 2.26. The lowest BCUT2D eigenvalue weighted by molar-refractivity contribution is 0.424. The quantitative estimate of drug-likeness (QED) is 0.881. The van der Waals surface area contributed by atoms with Crippen molar-refractivity contribution in [1.29, 1.82) is 0 Å². The van der Waals surface area contributed by atoms with E-state index in [0.29, 0.717) is 0 Å². The second kappa shape index (κ2) is 5.96. The van der Waals surface area contributed by atoms with Gasteiger partial charge >= 0.3 is 0 Å². The largest absolute Gasteiger partial charge is 0.371 e. The first-order valence-corrected chi connectivity index (χ1v) is 7.53. The molecule has 0 unspecified atom stereocenters. The van der Waals surface area contributed by atoms with Crippen molar-refractivity contribution in [2.24, 2.45) is 0 Å². The maximum absolute atomic E-state index is 3.60. The van der Waals surface area contributed by atoms with Gasteiger partial charge in [0.05, 0.1) is 0 Å². The van der Waals surface area contributed by atoms with Gasteiger partial charge in [0.25, 0.3) is 0 Å². The van der Waals surface area contributed by atoms with E-state index in [1.165, 1.54) is 36.9 Å². The number of benzene rings is 1. The molecule has 0 aromatic heterocycles. The van der Waals surface area contributed by atoms with Crippen LogP contribution in [0.3, 0.4) is 0 Å². The second-order valence-corrected chi connectivity index (χ2v) is 6.78. The predicted octanol–water partition coefficient (Wildman–Crippen LogP) is 3.95. The van der Waals surface area contributed by atoms with Crippen molar-refractivity contribution in [3.63, 3.8) is 0 Å². The molecule has 0 radical (unpaired) electrons. The van der Waals surface area contributed by atoms with Crippen molar-refractivity contribution in [3.05, 3.63) is 29.8 Å². The average Bonchev–Trinajstić information content (AvgIpc) is 2.89. The van der Waals surface area contributed by atoms with E-state index < -0.39 is 0 Å². The molecule has 1 aromatic carbocycles. The van der Waals surface area contributed by atoms with Gasteiger partial charge in [0.1, 0.15) is 0 Å². The van der Waals surface area contributed by atoms with Crippen LogP contribution in [0.1, 0.15) is 52.0 Å². The van der Waals surface area contributed by atoms with Gasteiger partial charge in [0.15, 0.2) is 0 Å². The molecular formula is C17H28N2. The Morgan fingerprint density at radius 2 is 1.79 bits per heavy atom. The van der Waals surface area contributed by atoms with Gasteiger partial charge in [-0.05, 0) is 45.2 Å². The summed E-state index contributed by atoms with van der Waals surface area (Å²) in [5.41, 5.74) is 2.97. The summed E-state index contributed by atoms with van der Waals surface area (Å²) in [4.78, 5) is 2.49. The van der Waals surface area contributed by atoms with E-state index in [1.807, 2.05) is 0 Å². The first-order chi connectivity index (χ1) is 8.97. The van der Waals surface area contributed by atoms with Crippen LogP contribution in [-0.4, -0.2) is 18.6 Å². The first kappa shape index (κ1) is 14.4. The lowest BCUT2D eigenvalue weighted by Crippen LogP contribution is -2.36. The topological polar surface area (TPSA) is 15.3 Å². The molecule has 0 spiro atoms. The Morgan fingerprint density at radius 3 is 2.42 bits per heavy atom. The molecule has 0 atom stereocenters. The van der Waals surface area contributed by atoms with Crippen LogP contribution in [0.25, 0.3) is 0 Å². The molecule has 1 fully saturated rings. The fraction of sp³-hybridized carbons (Fsp3) is 0.647. The van der Waals surface area contributed by atoms with Crippen LogP contribution < -0.4 is 10.2 Å². The van der Waals surface area contributed by atoms with Crippen LogP contribution in [0.2, 0.25) is 0 Å². The average molecular weight is 260 g/mol. The van der Waals surface area contributed by atoms with Gasteiger partial charge in [0.2, 0.25) is 0 Å². The summed E-state index contributed by atoms with van der Waals surface area (Å²) < 4.78 is 0. The summed E-state index contributed by atoms with van der Waals surface area (Å²) in [6.07, 6.45) is 5.46. The van der Waals surface area contributed by atoms with Crippen molar-refractivity contribution < 1.29 is 0 Å². The maximum atomic E-state index is 3.60. The highest BCUT2D eigenvalue weighted by Gasteiger charge is 2.21. The molecule has 0 saturated heterocycles. The minimum absolute atomic E-state index is 0.166. The van der Waals surface area contributed by atoms with E-state index in [1.54, 1.807) is 0 Å². The van der Waals surface area contributed by atoms with Crippen molar-refractivity contribution in [2.45, 2.75) is 64.6 Å². The predicted molar refractivity (Wildman–Crippen MR) is 83.7 cm³/mol. The molecule has 1 aromatic rings. The third kappa shape index (κ3) is 3.97. The minimum Gasteiger partial charge on any atom is -0.371 e. The highest BCUT2D eigenvalue weighted by molar-refractivity contribution is 5.54. The van der Waals surface area contributed by atoms with Crippen LogP contribution in [0.5, 0.6) is 0 Å². The molecule has 0 heterocycles. The van der Waals surface area contributed by atoms with Crippen LogP contribution >= 0.6 is 0 Å². The summed E-state index contributed by atoms with van der Waals surface area (Å²) >= 11 is 0. The highest BCUT2D eigenvalue weighted by Crippen LogP contribution is 2.29. The fourth-order valence-corrected chi connectivity index (χ4v) is 2.85. The number of rotatable bonds is 4. The summed E-state index contributed by atoms with van der Waals surface area (Å²) in [6.45, 7) is 7.60. The van der Waals surface area contributed by atoms with Crippen LogP contribution in [0, 0.1) is 0 Å². The Morgan fingerprint density at radius 1 is 1.16 bits per heavy atom. The van der Waals surface area contributed by atoms with Gasteiger partial charge in [-0.25, -0.2) is 0 Å². The van der Waals surface area contributed by atoms with E-state index in [4.69, 9.17) is 0 Å². The fourth-order valence-electron chi connectivity index (χ4n) is 2.85. The molecule has 0 bridgehead atoms. The third-order valence-corrected chi connectivity index (χ3v) is 4.05. The third-order valence-electron chi connectivity index (χ3n) is 4.05. The lowest BCUT2D eigenvalue weighted by atomic mass is 10.1. The molecule has 106 valence electrons. The van der Waals surface area contributed by atoms with Gasteiger partial charge in [-0.2, -0.15) is 0 Å². The molecule has 2 heteroatoms. The van der Waals surface area contributed by atoms with Gasteiger partial charge in [0, 0.05) is 30.9 Å². The molecule has 0 amide bonds. The maximum Gasteiger partial charge on any atom is 0.0411 e. The van der Waals surface area contributed by atoms with Crippen LogP contribution in [-0.2, 0) is 6.54 Å². The summed E-state index contributed by atoms with van der Waals surface area (Å²) in [5, 5.41) is 3.60. The molecule has 0 aliphatic heterocycles. The Kier molecular flexibility index (Phi) is 4.51. The van der Waals surface area contributed by atoms with Gasteiger partial charge in [-0.15, -0.1) is 0 Å². The number of nitrogens with zero attached hydrogens (tertiary/aromatic N) is 1. The van der Waals surface area contributed by atoms with E-state index in [-0.39, 0.29) is 5.54 Å². The monoisotopic (exact) mass is 260 g/mol. The standard InChI is InChI=1S/C17H28N2/c1-17(2,3)18-13-14-9-5-8-12-16(14)19(4)15-10-6-7-11-15/h5,8-9,12,15,18H,6-7,10-11,13H2,1-4H3. The van der Waals surface area contributed by atoms with Crippen molar-refractivity contribution in [2.75, 3.05) is 11.9 Å². The minimum atomic E-state index is 0.166. The SMILES string of the molecule is CN(c1ccccc1CNC(C)(C)C)C1CCCC1. The molecule has 19 heavy (non-hydrogen) atoms. The Bertz CT molecular complexity index is 400. The van der Waals surface area contributed by atoms with Crippen molar-refractivity contribution >= 4 is 5.69 Å². The Hall–Kier alpha value is -1.02. The molecule has 2 rings (SSSR count). The Labute approximate surface area is 118 Å². The van der Waals surface area contributed by atoms with Crippen LogP contribution in [0.4, 0.5) is 5.69 Å². The highest BCUT2D eigenvalue weighted by atomic mass is 15.1.